The molecule has 0 N–H and O–H groups in total. The summed E-state index contributed by atoms with van der Waals surface area (Å²) in [6, 6.07) is 2.01. The van der Waals surface area contributed by atoms with Crippen LogP contribution in [0.25, 0.3) is 0 Å². The van der Waals surface area contributed by atoms with Crippen molar-refractivity contribution in [2.45, 2.75) is 44.8 Å². The molecule has 1 amide bonds. The molecule has 2 aliphatic heterocycles. The van der Waals surface area contributed by atoms with Crippen LogP contribution in [-0.4, -0.2) is 73.5 Å². The molecule has 26 heavy (non-hydrogen) atoms. The number of likely N-dealkylation sites (tertiary alicyclic amines) is 1. The van der Waals surface area contributed by atoms with Crippen LogP contribution in [0.3, 0.4) is 0 Å². The van der Waals surface area contributed by atoms with Crippen LogP contribution in [0, 0.1) is 12.8 Å². The first-order valence-corrected chi connectivity index (χ1v) is 9.55. The maximum atomic E-state index is 11.6. The van der Waals surface area contributed by atoms with Crippen LogP contribution < -0.4 is 0 Å². The average molecular weight is 365 g/mol. The lowest BCUT2D eigenvalue weighted by atomic mass is 9.78. The van der Waals surface area contributed by atoms with E-state index in [-0.39, 0.29) is 18.1 Å². The molecular formula is C19H31N3O4. The number of aromatic nitrogens is 1. The lowest BCUT2D eigenvalue weighted by Gasteiger charge is -2.42. The molecule has 1 aromatic heterocycles. The maximum Gasteiger partial charge on any atom is 0.248 e. The van der Waals surface area contributed by atoms with E-state index in [2.05, 4.69) is 10.1 Å². The highest BCUT2D eigenvalue weighted by atomic mass is 16.5. The lowest BCUT2D eigenvalue weighted by Crippen LogP contribution is -2.47. The second-order valence-electron chi connectivity index (χ2n) is 7.73. The Morgan fingerprint density at radius 2 is 2.19 bits per heavy atom. The predicted molar refractivity (Wildman–Crippen MR) is 96.7 cm³/mol. The van der Waals surface area contributed by atoms with Gasteiger partial charge in [-0.15, -0.1) is 0 Å². The molecule has 1 atom stereocenters. The van der Waals surface area contributed by atoms with Crippen LogP contribution in [-0.2, 0) is 20.8 Å². The van der Waals surface area contributed by atoms with Crippen molar-refractivity contribution in [3.05, 3.63) is 17.5 Å². The monoisotopic (exact) mass is 365 g/mol. The molecule has 0 bridgehead atoms. The summed E-state index contributed by atoms with van der Waals surface area (Å²) in [6.07, 6.45) is 4.15. The third-order valence-corrected chi connectivity index (χ3v) is 5.70. The Morgan fingerprint density at radius 3 is 2.85 bits per heavy atom. The van der Waals surface area contributed by atoms with E-state index >= 15 is 0 Å². The van der Waals surface area contributed by atoms with Gasteiger partial charge in [0.15, 0.2) is 0 Å². The third kappa shape index (κ3) is 4.64. The maximum absolute atomic E-state index is 11.6. The summed E-state index contributed by atoms with van der Waals surface area (Å²) < 4.78 is 17.0. The van der Waals surface area contributed by atoms with Crippen molar-refractivity contribution in [3.63, 3.8) is 0 Å². The number of hydrogen-bond acceptors (Lipinski definition) is 6. The van der Waals surface area contributed by atoms with E-state index in [0.29, 0.717) is 12.5 Å². The Labute approximate surface area is 155 Å². The number of aryl methyl sites for hydroxylation is 1. The van der Waals surface area contributed by atoms with Gasteiger partial charge in [0, 0.05) is 53.0 Å². The molecule has 7 nitrogen and oxygen atoms in total. The molecule has 0 radical (unpaired) electrons. The largest absolute Gasteiger partial charge is 0.375 e. The third-order valence-electron chi connectivity index (χ3n) is 5.70. The highest BCUT2D eigenvalue weighted by Crippen LogP contribution is 2.42. The Hall–Kier alpha value is -1.44. The van der Waals surface area contributed by atoms with E-state index in [9.17, 15) is 4.79 Å². The first kappa shape index (κ1) is 19.3. The summed E-state index contributed by atoms with van der Waals surface area (Å²) in [4.78, 5) is 15.6. The number of piperidine rings is 1. The van der Waals surface area contributed by atoms with Crippen molar-refractivity contribution >= 4 is 5.91 Å². The van der Waals surface area contributed by atoms with Gasteiger partial charge < -0.3 is 18.9 Å². The molecule has 1 spiro atoms. The fraction of sp³-hybridized carbons (Fsp3) is 0.789. The summed E-state index contributed by atoms with van der Waals surface area (Å²) >= 11 is 0. The molecule has 1 aromatic rings. The van der Waals surface area contributed by atoms with E-state index in [1.807, 2.05) is 13.0 Å². The highest BCUT2D eigenvalue weighted by Gasteiger charge is 2.45. The normalized spacial score (nSPS) is 22.8. The van der Waals surface area contributed by atoms with E-state index < -0.39 is 0 Å². The van der Waals surface area contributed by atoms with Crippen molar-refractivity contribution in [2.75, 3.05) is 47.0 Å². The fourth-order valence-corrected chi connectivity index (χ4v) is 4.07. The molecule has 2 fully saturated rings. The second kappa shape index (κ2) is 8.50. The number of ether oxygens (including phenoxy) is 2. The van der Waals surface area contributed by atoms with Gasteiger partial charge in [0.05, 0.1) is 11.3 Å². The number of nitrogens with zero attached hydrogens (tertiary/aromatic N) is 3. The summed E-state index contributed by atoms with van der Waals surface area (Å²) in [7, 11) is 3.50. The first-order chi connectivity index (χ1) is 12.5. The molecule has 0 unspecified atom stereocenters. The smallest absolute Gasteiger partial charge is 0.248 e. The molecular weight excluding hydrogens is 334 g/mol. The number of hydrogen-bond donors (Lipinski definition) is 0. The number of likely N-dealkylation sites (N-methyl/N-ethyl adjacent to an activating group) is 1. The fourth-order valence-electron chi connectivity index (χ4n) is 4.07. The van der Waals surface area contributed by atoms with E-state index in [0.717, 1.165) is 63.4 Å². The van der Waals surface area contributed by atoms with Gasteiger partial charge in [-0.3, -0.25) is 9.69 Å². The molecule has 0 saturated carbocycles. The zero-order valence-electron chi connectivity index (χ0n) is 16.2. The van der Waals surface area contributed by atoms with Crippen molar-refractivity contribution in [1.29, 1.82) is 0 Å². The molecule has 0 aliphatic carbocycles. The topological polar surface area (TPSA) is 68.0 Å². The standard InChI is InChI=1S/C19H31N3O4/c1-15-12-17(20-26-15)13-22-8-6-19(7-9-22)16(5-11-25-19)4-10-24-14-18(23)21(2)3/h12,16H,4-11,13-14H2,1-3H3/t16-/m0/s1. The van der Waals surface area contributed by atoms with Gasteiger partial charge in [0.2, 0.25) is 5.91 Å². The highest BCUT2D eigenvalue weighted by molar-refractivity contribution is 5.76. The lowest BCUT2D eigenvalue weighted by molar-refractivity contribution is -0.133. The van der Waals surface area contributed by atoms with E-state index in [1.165, 1.54) is 0 Å². The molecule has 146 valence electrons. The van der Waals surface area contributed by atoms with Crippen LogP contribution in [0.1, 0.15) is 37.1 Å². The van der Waals surface area contributed by atoms with Crippen LogP contribution >= 0.6 is 0 Å². The van der Waals surface area contributed by atoms with Crippen molar-refractivity contribution in [1.82, 2.24) is 15.0 Å². The van der Waals surface area contributed by atoms with Gasteiger partial charge in [-0.05, 0) is 38.5 Å². The Balaban J connectivity index is 1.43. The van der Waals surface area contributed by atoms with Gasteiger partial charge >= 0.3 is 0 Å². The number of rotatable bonds is 7. The minimum Gasteiger partial charge on any atom is -0.375 e. The number of carbonyl (C=O) groups is 1. The SMILES string of the molecule is Cc1cc(CN2CCC3(CC2)OCC[C@@H]3CCOCC(=O)N(C)C)no1. The van der Waals surface area contributed by atoms with Crippen molar-refractivity contribution in [2.24, 2.45) is 5.92 Å². The number of amides is 1. The van der Waals surface area contributed by atoms with Gasteiger partial charge in [-0.25, -0.2) is 0 Å². The second-order valence-corrected chi connectivity index (χ2v) is 7.73. The summed E-state index contributed by atoms with van der Waals surface area (Å²) in [5.74, 6) is 1.40. The molecule has 7 heteroatoms. The van der Waals surface area contributed by atoms with Gasteiger partial charge in [-0.2, -0.15) is 0 Å². The molecule has 3 rings (SSSR count). The molecule has 2 aliphatic rings. The van der Waals surface area contributed by atoms with E-state index in [1.54, 1.807) is 19.0 Å². The summed E-state index contributed by atoms with van der Waals surface area (Å²) in [6.45, 7) is 6.42. The van der Waals surface area contributed by atoms with Gasteiger partial charge in [0.25, 0.3) is 0 Å². The minimum absolute atomic E-state index is 0.00877. The molecule has 2 saturated heterocycles. The van der Waals surface area contributed by atoms with Crippen LogP contribution in [0.4, 0.5) is 0 Å². The van der Waals surface area contributed by atoms with Crippen LogP contribution in [0.2, 0.25) is 0 Å². The first-order valence-electron chi connectivity index (χ1n) is 9.55. The van der Waals surface area contributed by atoms with Gasteiger partial charge in [0.1, 0.15) is 12.4 Å². The quantitative estimate of drug-likeness (QED) is 0.687. The van der Waals surface area contributed by atoms with E-state index in [4.69, 9.17) is 14.0 Å². The average Bonchev–Trinajstić information content (AvgIpc) is 3.20. The van der Waals surface area contributed by atoms with Gasteiger partial charge in [-0.1, -0.05) is 5.16 Å². The Kier molecular flexibility index (Phi) is 6.32. The van der Waals surface area contributed by atoms with Crippen LogP contribution in [0.15, 0.2) is 10.6 Å². The number of carbonyl (C=O) groups excluding carboxylic acids is 1. The minimum atomic E-state index is -0.00877. The van der Waals surface area contributed by atoms with Crippen molar-refractivity contribution in [3.8, 4) is 0 Å². The summed E-state index contributed by atoms with van der Waals surface area (Å²) in [5, 5.41) is 4.09. The van der Waals surface area contributed by atoms with Crippen LogP contribution in [0.5, 0.6) is 0 Å². The molecule has 0 aromatic carbocycles. The summed E-state index contributed by atoms with van der Waals surface area (Å²) in [5.41, 5.74) is 0.992. The zero-order valence-corrected chi connectivity index (χ0v) is 16.2. The molecule has 3 heterocycles. The van der Waals surface area contributed by atoms with Crippen molar-refractivity contribution < 1.29 is 18.8 Å². The Morgan fingerprint density at radius 1 is 1.42 bits per heavy atom. The Bertz CT molecular complexity index is 593. The predicted octanol–water partition coefficient (Wildman–Crippen LogP) is 1.85. The zero-order chi connectivity index (χ0) is 18.6.